The molecule has 0 heterocycles. The number of amides is 1. The van der Waals surface area contributed by atoms with Gasteiger partial charge in [0.05, 0.1) is 0 Å². The standard InChI is InChI=1S/C18H17NO2/c20-13-7-12-18(21)19(14-16-8-3-1-4-9-16)15-17-10-5-2-6-11-17/h1-13H,14-15H2/b12-7-. The second-order valence-corrected chi connectivity index (χ2v) is 4.66. The molecular weight excluding hydrogens is 262 g/mol. The lowest BCUT2D eigenvalue weighted by Crippen LogP contribution is -2.28. The molecule has 0 aliphatic carbocycles. The molecule has 21 heavy (non-hydrogen) atoms. The molecular formula is C18H17NO2. The van der Waals surface area contributed by atoms with Crippen LogP contribution in [0.25, 0.3) is 0 Å². The average Bonchev–Trinajstić information content (AvgIpc) is 2.54. The van der Waals surface area contributed by atoms with Gasteiger partial charge in [0.15, 0.2) is 0 Å². The Kier molecular flexibility index (Phi) is 5.47. The zero-order valence-corrected chi connectivity index (χ0v) is 11.7. The van der Waals surface area contributed by atoms with E-state index in [1.165, 1.54) is 12.2 Å². The predicted molar refractivity (Wildman–Crippen MR) is 82.3 cm³/mol. The quantitative estimate of drug-likeness (QED) is 0.602. The van der Waals surface area contributed by atoms with Gasteiger partial charge in [-0.25, -0.2) is 0 Å². The molecule has 0 aromatic heterocycles. The highest BCUT2D eigenvalue weighted by atomic mass is 16.2. The third-order valence-corrected chi connectivity index (χ3v) is 3.06. The fraction of sp³-hybridized carbons (Fsp3) is 0.111. The van der Waals surface area contributed by atoms with Crippen molar-refractivity contribution >= 4 is 12.2 Å². The largest absolute Gasteiger partial charge is 0.331 e. The van der Waals surface area contributed by atoms with E-state index in [1.807, 2.05) is 60.7 Å². The first kappa shape index (κ1) is 14.7. The maximum Gasteiger partial charge on any atom is 0.247 e. The highest BCUT2D eigenvalue weighted by Gasteiger charge is 2.11. The van der Waals surface area contributed by atoms with Gasteiger partial charge in [0.25, 0.3) is 0 Å². The van der Waals surface area contributed by atoms with Crippen molar-refractivity contribution in [3.63, 3.8) is 0 Å². The summed E-state index contributed by atoms with van der Waals surface area (Å²) >= 11 is 0. The first-order chi connectivity index (χ1) is 10.3. The number of allylic oxidation sites excluding steroid dienone is 1. The van der Waals surface area contributed by atoms with Gasteiger partial charge in [-0.15, -0.1) is 0 Å². The molecule has 0 saturated carbocycles. The molecule has 0 fully saturated rings. The van der Waals surface area contributed by atoms with Crippen molar-refractivity contribution in [2.75, 3.05) is 0 Å². The number of carbonyl (C=O) groups excluding carboxylic acids is 2. The third kappa shape index (κ3) is 4.73. The minimum atomic E-state index is -0.171. The Morgan fingerprint density at radius 3 is 1.76 bits per heavy atom. The smallest absolute Gasteiger partial charge is 0.247 e. The molecule has 3 nitrogen and oxygen atoms in total. The summed E-state index contributed by atoms with van der Waals surface area (Å²) in [6, 6.07) is 19.6. The van der Waals surface area contributed by atoms with E-state index in [0.29, 0.717) is 19.4 Å². The predicted octanol–water partition coefficient (Wildman–Crippen LogP) is 2.97. The minimum absolute atomic E-state index is 0.171. The van der Waals surface area contributed by atoms with Crippen LogP contribution < -0.4 is 0 Å². The van der Waals surface area contributed by atoms with Crippen LogP contribution in [0.3, 0.4) is 0 Å². The van der Waals surface area contributed by atoms with Gasteiger partial charge in [-0.1, -0.05) is 60.7 Å². The van der Waals surface area contributed by atoms with Gasteiger partial charge < -0.3 is 4.90 Å². The zero-order valence-electron chi connectivity index (χ0n) is 11.7. The van der Waals surface area contributed by atoms with E-state index in [2.05, 4.69) is 0 Å². The van der Waals surface area contributed by atoms with E-state index in [4.69, 9.17) is 0 Å². The summed E-state index contributed by atoms with van der Waals surface area (Å²) in [7, 11) is 0. The maximum atomic E-state index is 12.2. The number of carbonyl (C=O) groups is 2. The number of hydrogen-bond acceptors (Lipinski definition) is 2. The highest BCUT2D eigenvalue weighted by Crippen LogP contribution is 2.10. The van der Waals surface area contributed by atoms with E-state index in [0.717, 1.165) is 11.1 Å². The lowest BCUT2D eigenvalue weighted by atomic mass is 10.1. The Bertz CT molecular complexity index is 564. The van der Waals surface area contributed by atoms with E-state index in [9.17, 15) is 9.59 Å². The number of aldehydes is 1. The average molecular weight is 279 g/mol. The van der Waals surface area contributed by atoms with Gasteiger partial charge >= 0.3 is 0 Å². The monoisotopic (exact) mass is 279 g/mol. The van der Waals surface area contributed by atoms with Crippen LogP contribution >= 0.6 is 0 Å². The molecule has 0 spiro atoms. The van der Waals surface area contributed by atoms with Crippen molar-refractivity contribution in [1.82, 2.24) is 4.90 Å². The van der Waals surface area contributed by atoms with Gasteiger partial charge in [0.1, 0.15) is 6.29 Å². The molecule has 2 rings (SSSR count). The van der Waals surface area contributed by atoms with Crippen LogP contribution in [-0.4, -0.2) is 17.1 Å². The molecule has 2 aromatic rings. The molecule has 106 valence electrons. The van der Waals surface area contributed by atoms with Crippen LogP contribution in [0.5, 0.6) is 0 Å². The Morgan fingerprint density at radius 1 is 0.857 bits per heavy atom. The highest BCUT2D eigenvalue weighted by molar-refractivity contribution is 5.90. The molecule has 1 amide bonds. The fourth-order valence-corrected chi connectivity index (χ4v) is 2.05. The summed E-state index contributed by atoms with van der Waals surface area (Å²) in [5.41, 5.74) is 2.11. The molecule has 2 aromatic carbocycles. The molecule has 0 N–H and O–H groups in total. The number of hydrogen-bond donors (Lipinski definition) is 0. The molecule has 0 saturated heterocycles. The number of nitrogens with zero attached hydrogens (tertiary/aromatic N) is 1. The van der Waals surface area contributed by atoms with E-state index in [1.54, 1.807) is 4.90 Å². The Labute approximate surface area is 124 Å². The summed E-state index contributed by atoms with van der Waals surface area (Å²) in [5, 5.41) is 0. The van der Waals surface area contributed by atoms with Crippen LogP contribution in [0, 0.1) is 0 Å². The summed E-state index contributed by atoms with van der Waals surface area (Å²) in [6.07, 6.45) is 3.14. The Balaban J connectivity index is 2.15. The van der Waals surface area contributed by atoms with Crippen molar-refractivity contribution in [2.45, 2.75) is 13.1 Å². The van der Waals surface area contributed by atoms with E-state index >= 15 is 0 Å². The first-order valence-corrected chi connectivity index (χ1v) is 6.78. The number of benzene rings is 2. The second-order valence-electron chi connectivity index (χ2n) is 4.66. The fourth-order valence-electron chi connectivity index (χ4n) is 2.05. The molecule has 0 radical (unpaired) electrons. The van der Waals surface area contributed by atoms with E-state index in [-0.39, 0.29) is 5.91 Å². The molecule has 0 aliphatic rings. The molecule has 3 heteroatoms. The number of rotatable bonds is 6. The topological polar surface area (TPSA) is 37.4 Å². The Hall–Kier alpha value is -2.68. The second kappa shape index (κ2) is 7.80. The van der Waals surface area contributed by atoms with Crippen molar-refractivity contribution in [2.24, 2.45) is 0 Å². The van der Waals surface area contributed by atoms with Crippen LogP contribution in [0.2, 0.25) is 0 Å². The SMILES string of the molecule is O=C/C=C\C(=O)N(Cc1ccccc1)Cc1ccccc1. The Morgan fingerprint density at radius 2 is 1.33 bits per heavy atom. The summed E-state index contributed by atoms with van der Waals surface area (Å²) in [5.74, 6) is -0.171. The maximum absolute atomic E-state index is 12.2. The van der Waals surface area contributed by atoms with Crippen molar-refractivity contribution in [3.05, 3.63) is 83.9 Å². The van der Waals surface area contributed by atoms with Crippen LogP contribution in [-0.2, 0) is 22.7 Å². The minimum Gasteiger partial charge on any atom is -0.331 e. The lowest BCUT2D eigenvalue weighted by molar-refractivity contribution is -0.127. The van der Waals surface area contributed by atoms with Crippen molar-refractivity contribution < 1.29 is 9.59 Å². The van der Waals surface area contributed by atoms with Gasteiger partial charge in [-0.2, -0.15) is 0 Å². The summed E-state index contributed by atoms with van der Waals surface area (Å²) in [4.78, 5) is 24.3. The zero-order chi connectivity index (χ0) is 14.9. The lowest BCUT2D eigenvalue weighted by Gasteiger charge is -2.21. The summed E-state index contributed by atoms with van der Waals surface area (Å²) in [6.45, 7) is 1.02. The normalized spacial score (nSPS) is 10.5. The molecule has 0 bridgehead atoms. The molecule has 0 atom stereocenters. The summed E-state index contributed by atoms with van der Waals surface area (Å²) < 4.78 is 0. The third-order valence-electron chi connectivity index (χ3n) is 3.06. The van der Waals surface area contributed by atoms with Gasteiger partial charge in [-0.3, -0.25) is 9.59 Å². The van der Waals surface area contributed by atoms with Gasteiger partial charge in [-0.05, 0) is 17.2 Å². The van der Waals surface area contributed by atoms with Gasteiger partial charge in [0.2, 0.25) is 5.91 Å². The van der Waals surface area contributed by atoms with E-state index < -0.39 is 0 Å². The van der Waals surface area contributed by atoms with Gasteiger partial charge in [0, 0.05) is 19.2 Å². The van der Waals surface area contributed by atoms with Crippen molar-refractivity contribution in [3.8, 4) is 0 Å². The molecule has 0 aliphatic heterocycles. The first-order valence-electron chi connectivity index (χ1n) is 6.78. The van der Waals surface area contributed by atoms with Crippen molar-refractivity contribution in [1.29, 1.82) is 0 Å². The van der Waals surface area contributed by atoms with Crippen LogP contribution in [0.1, 0.15) is 11.1 Å². The van der Waals surface area contributed by atoms with Crippen LogP contribution in [0.4, 0.5) is 0 Å². The molecule has 0 unspecified atom stereocenters. The van der Waals surface area contributed by atoms with Crippen LogP contribution in [0.15, 0.2) is 72.8 Å².